The molecule has 3 rings (SSSR count). The van der Waals surface area contributed by atoms with E-state index >= 15 is 0 Å². The molecule has 19 nitrogen and oxygen atoms in total. The van der Waals surface area contributed by atoms with Crippen molar-refractivity contribution in [1.29, 1.82) is 0 Å². The van der Waals surface area contributed by atoms with Gasteiger partial charge in [-0.05, 0) is 48.9 Å². The molecular formula is C36H49N9O10S. The molecule has 0 aromatic heterocycles. The first-order valence-electron chi connectivity index (χ1n) is 17.8. The number of nitrogens with one attached hydrogen (secondary N) is 5. The fourth-order valence-electron chi connectivity index (χ4n) is 5.76. The highest BCUT2D eigenvalue weighted by Gasteiger charge is 2.41. The van der Waals surface area contributed by atoms with Crippen LogP contribution in [0.3, 0.4) is 0 Å². The van der Waals surface area contributed by atoms with Gasteiger partial charge in [-0.25, -0.2) is 9.59 Å². The van der Waals surface area contributed by atoms with Gasteiger partial charge in [0.1, 0.15) is 36.0 Å². The predicted molar refractivity (Wildman–Crippen MR) is 205 cm³/mol. The number of primary amides is 2. The number of carbonyl (C=O) groups is 8. The number of thiol groups is 1. The summed E-state index contributed by atoms with van der Waals surface area (Å²) in [5.74, 6) is -6.08. The van der Waals surface area contributed by atoms with Crippen molar-refractivity contribution in [2.45, 2.75) is 81.2 Å². The van der Waals surface area contributed by atoms with Gasteiger partial charge in [-0.1, -0.05) is 42.5 Å². The van der Waals surface area contributed by atoms with Gasteiger partial charge < -0.3 is 58.9 Å². The van der Waals surface area contributed by atoms with Crippen LogP contribution in [0, 0.1) is 0 Å². The maximum absolute atomic E-state index is 14.1. The lowest BCUT2D eigenvalue weighted by Gasteiger charge is -2.40. The highest BCUT2D eigenvalue weighted by molar-refractivity contribution is 7.80. The molecule has 0 spiro atoms. The van der Waals surface area contributed by atoms with Crippen LogP contribution in [0.25, 0.3) is 0 Å². The zero-order valence-corrected chi connectivity index (χ0v) is 31.4. The standard InChI is InChI=1S/C36H49N9O10S/c37-23(19-56)30(48)41-24(7-4-15-40-36(39)55)31(49)42-25(12-13-29(38)47)32(50)43-26(17-21-8-10-22(46)11-9-21)33(51)44-27(18-20-5-2-1-3-6-20)34(52)45-16-14-28(45)35(53)54/h1-3,5-6,8-11,23-28,46,56H,4,7,12-19,37H2,(H2,38,47)(H,41,48)(H,42,49)(H,43,50)(H,44,51)(H,53,54)(H3,39,40,55)/t23-,24-,25-,26-,27-,28-/m0/s1. The first-order chi connectivity index (χ1) is 26.6. The number of nitrogens with zero attached hydrogens (tertiary/aromatic N) is 1. The number of aliphatic carboxylic acids is 1. The maximum Gasteiger partial charge on any atom is 0.326 e. The summed E-state index contributed by atoms with van der Waals surface area (Å²) in [6.45, 7) is 0.214. The van der Waals surface area contributed by atoms with Crippen LogP contribution in [-0.4, -0.2) is 118 Å². The van der Waals surface area contributed by atoms with E-state index in [1.54, 1.807) is 30.3 Å². The average molecular weight is 800 g/mol. The molecule has 1 fully saturated rings. The number of phenolic OH excluding ortho intramolecular Hbond substituents is 1. The second-order valence-corrected chi connectivity index (χ2v) is 13.6. The molecule has 56 heavy (non-hydrogen) atoms. The molecule has 1 aliphatic rings. The molecule has 6 atom stereocenters. The van der Waals surface area contributed by atoms with Gasteiger partial charge in [0.25, 0.3) is 0 Å². The Labute approximate surface area is 328 Å². The lowest BCUT2D eigenvalue weighted by Crippen LogP contribution is -2.63. The molecule has 304 valence electrons. The van der Waals surface area contributed by atoms with Crippen molar-refractivity contribution in [3.8, 4) is 5.75 Å². The number of likely N-dealkylation sites (tertiary alicyclic amines) is 1. The summed E-state index contributed by atoms with van der Waals surface area (Å²) in [6, 6.07) is 6.08. The van der Waals surface area contributed by atoms with Gasteiger partial charge in [0.15, 0.2) is 0 Å². The lowest BCUT2D eigenvalue weighted by atomic mass is 9.97. The molecule has 1 aliphatic heterocycles. The third-order valence-corrected chi connectivity index (χ3v) is 9.34. The first kappa shape index (κ1) is 44.5. The molecule has 8 amide bonds. The molecule has 0 unspecified atom stereocenters. The van der Waals surface area contributed by atoms with Gasteiger partial charge in [0, 0.05) is 38.1 Å². The van der Waals surface area contributed by atoms with Gasteiger partial charge in [0.05, 0.1) is 6.04 Å². The Hall–Kier alpha value is -5.89. The topological polar surface area (TPSA) is 318 Å². The second-order valence-electron chi connectivity index (χ2n) is 13.2. The summed E-state index contributed by atoms with van der Waals surface area (Å²) < 4.78 is 0. The van der Waals surface area contributed by atoms with E-state index in [0.717, 1.165) is 4.90 Å². The average Bonchev–Trinajstić information content (AvgIpc) is 3.13. The monoisotopic (exact) mass is 799 g/mol. The Bertz CT molecular complexity index is 1720. The summed E-state index contributed by atoms with van der Waals surface area (Å²) >= 11 is 4.01. The van der Waals surface area contributed by atoms with E-state index < -0.39 is 83.7 Å². The summed E-state index contributed by atoms with van der Waals surface area (Å²) in [6.07, 6.45) is -0.504. The number of urea groups is 1. The number of carboxylic acid groups (broad SMARTS) is 1. The van der Waals surface area contributed by atoms with Crippen molar-refractivity contribution in [1.82, 2.24) is 31.5 Å². The Morgan fingerprint density at radius 1 is 0.750 bits per heavy atom. The van der Waals surface area contributed by atoms with Crippen molar-refractivity contribution >= 4 is 60.1 Å². The van der Waals surface area contributed by atoms with Crippen molar-refractivity contribution in [3.63, 3.8) is 0 Å². The molecule has 0 saturated carbocycles. The third-order valence-electron chi connectivity index (χ3n) is 8.94. The Balaban J connectivity index is 1.91. The fourth-order valence-corrected chi connectivity index (χ4v) is 5.92. The molecule has 20 heteroatoms. The summed E-state index contributed by atoms with van der Waals surface area (Å²) in [5, 5.41) is 32.1. The van der Waals surface area contributed by atoms with Crippen LogP contribution in [0.15, 0.2) is 54.6 Å². The Kier molecular flexibility index (Phi) is 17.4. The molecule has 0 radical (unpaired) electrons. The van der Waals surface area contributed by atoms with Gasteiger partial charge in [0.2, 0.25) is 35.4 Å². The molecule has 0 aliphatic carbocycles. The number of rotatable bonds is 22. The van der Waals surface area contributed by atoms with E-state index in [2.05, 4.69) is 39.2 Å². The second kappa shape index (κ2) is 21.9. The highest BCUT2D eigenvalue weighted by atomic mass is 32.1. The van der Waals surface area contributed by atoms with Crippen LogP contribution < -0.4 is 43.8 Å². The van der Waals surface area contributed by atoms with E-state index in [0.29, 0.717) is 11.1 Å². The fraction of sp³-hybridized carbons (Fsp3) is 0.444. The normalized spacial score (nSPS) is 16.0. The van der Waals surface area contributed by atoms with E-state index in [4.69, 9.17) is 17.2 Å². The molecular weight excluding hydrogens is 751 g/mol. The highest BCUT2D eigenvalue weighted by Crippen LogP contribution is 2.20. The SMILES string of the molecule is NC(=O)CC[C@H](NC(=O)[C@H](CCCNC(N)=O)NC(=O)[C@@H](N)CS)C(=O)N[C@@H](Cc1ccc(O)cc1)C(=O)N[C@@H](Cc1ccccc1)C(=O)N1CC[C@H]1C(=O)O. The van der Waals surface area contributed by atoms with Crippen LogP contribution >= 0.6 is 12.6 Å². The zero-order valence-electron chi connectivity index (χ0n) is 30.5. The summed E-state index contributed by atoms with van der Waals surface area (Å²) in [4.78, 5) is 104. The smallest absolute Gasteiger partial charge is 0.326 e. The minimum absolute atomic E-state index is 0.00956. The van der Waals surface area contributed by atoms with Crippen LogP contribution in [0.5, 0.6) is 5.75 Å². The quantitative estimate of drug-likeness (QED) is 0.0448. The number of carboxylic acids is 1. The Morgan fingerprint density at radius 3 is 1.84 bits per heavy atom. The van der Waals surface area contributed by atoms with E-state index in [1.807, 2.05) is 0 Å². The van der Waals surface area contributed by atoms with Crippen molar-refractivity contribution < 1.29 is 48.6 Å². The summed E-state index contributed by atoms with van der Waals surface area (Å²) in [5.41, 5.74) is 17.4. The minimum atomic E-state index is -1.48. The lowest BCUT2D eigenvalue weighted by molar-refractivity contribution is -0.158. The van der Waals surface area contributed by atoms with Gasteiger partial charge in [-0.3, -0.25) is 28.8 Å². The number of phenols is 1. The van der Waals surface area contributed by atoms with Crippen LogP contribution in [0.4, 0.5) is 4.79 Å². The largest absolute Gasteiger partial charge is 0.508 e. The van der Waals surface area contributed by atoms with Gasteiger partial charge >= 0.3 is 12.0 Å². The van der Waals surface area contributed by atoms with Crippen molar-refractivity contribution in [2.75, 3.05) is 18.8 Å². The first-order valence-corrected chi connectivity index (χ1v) is 18.5. The summed E-state index contributed by atoms with van der Waals surface area (Å²) in [7, 11) is 0. The molecule has 2 aromatic carbocycles. The Morgan fingerprint density at radius 2 is 1.29 bits per heavy atom. The number of carbonyl (C=O) groups excluding carboxylic acids is 7. The molecule has 13 N–H and O–H groups in total. The van der Waals surface area contributed by atoms with Crippen molar-refractivity contribution in [3.05, 3.63) is 65.7 Å². The molecule has 1 heterocycles. The number of amides is 8. The van der Waals surface area contributed by atoms with E-state index in [9.17, 15) is 48.6 Å². The van der Waals surface area contributed by atoms with Gasteiger partial charge in [-0.15, -0.1) is 0 Å². The number of benzene rings is 2. The minimum Gasteiger partial charge on any atom is -0.508 e. The number of hydrogen-bond acceptors (Lipinski definition) is 11. The third kappa shape index (κ3) is 14.1. The number of nitrogens with two attached hydrogens (primary N) is 3. The van der Waals surface area contributed by atoms with Gasteiger partial charge in [-0.2, -0.15) is 12.6 Å². The predicted octanol–water partition coefficient (Wildman–Crippen LogP) is -2.23. The molecule has 2 aromatic rings. The molecule has 0 bridgehead atoms. The number of aromatic hydroxyl groups is 1. The van der Waals surface area contributed by atoms with Crippen molar-refractivity contribution in [2.24, 2.45) is 17.2 Å². The van der Waals surface area contributed by atoms with Crippen LogP contribution in [-0.2, 0) is 46.4 Å². The zero-order chi connectivity index (χ0) is 41.4. The van der Waals surface area contributed by atoms with Crippen LogP contribution in [0.1, 0.15) is 43.2 Å². The van der Waals surface area contributed by atoms with E-state index in [1.165, 1.54) is 24.3 Å². The number of hydrogen-bond donors (Lipinski definition) is 11. The van der Waals surface area contributed by atoms with E-state index in [-0.39, 0.29) is 69.5 Å². The molecule has 1 saturated heterocycles. The van der Waals surface area contributed by atoms with Crippen LogP contribution in [0.2, 0.25) is 0 Å². The maximum atomic E-state index is 14.1.